The first-order valence-electron chi connectivity index (χ1n) is 13.8. The van der Waals surface area contributed by atoms with Crippen molar-refractivity contribution in [2.24, 2.45) is 10.3 Å². The van der Waals surface area contributed by atoms with Gasteiger partial charge >= 0.3 is 24.3 Å². The molecule has 2 aliphatic rings. The number of alkyl halides is 6. The van der Waals surface area contributed by atoms with Gasteiger partial charge in [-0.3, -0.25) is 0 Å². The van der Waals surface area contributed by atoms with Crippen LogP contribution in [0.3, 0.4) is 0 Å². The van der Waals surface area contributed by atoms with Gasteiger partial charge in [-0.15, -0.1) is 0 Å². The lowest BCUT2D eigenvalue weighted by molar-refractivity contribution is -0.276. The van der Waals surface area contributed by atoms with Crippen LogP contribution in [0.1, 0.15) is 44.7 Å². The molecule has 4 heterocycles. The summed E-state index contributed by atoms with van der Waals surface area (Å²) in [7, 11) is 1.17. The molecule has 4 aromatic rings. The molecule has 51 heavy (non-hydrogen) atoms. The number of carbonyl (C=O) groups is 2. The number of aromatic nitrogens is 4. The van der Waals surface area contributed by atoms with Crippen LogP contribution < -0.4 is 0 Å². The van der Waals surface area contributed by atoms with Crippen molar-refractivity contribution in [3.63, 3.8) is 0 Å². The Balaban J connectivity index is 0.000000198. The maximum absolute atomic E-state index is 13.9. The van der Waals surface area contributed by atoms with Crippen LogP contribution >= 0.6 is 46.4 Å². The number of benzene rings is 2. The van der Waals surface area contributed by atoms with E-state index in [-0.39, 0.29) is 54.0 Å². The van der Waals surface area contributed by atoms with Crippen molar-refractivity contribution in [3.05, 3.63) is 104 Å². The lowest BCUT2D eigenvalue weighted by Gasteiger charge is -2.29. The van der Waals surface area contributed by atoms with Crippen molar-refractivity contribution in [1.29, 1.82) is 0 Å². The number of ether oxygens (including phenoxy) is 1. The van der Waals surface area contributed by atoms with Crippen molar-refractivity contribution in [2.45, 2.75) is 36.4 Å². The van der Waals surface area contributed by atoms with E-state index in [1.807, 2.05) is 0 Å². The normalized spacial score (nSPS) is 20.1. The summed E-state index contributed by atoms with van der Waals surface area (Å²) >= 11 is 23.3. The Morgan fingerprint density at radius 2 is 1.10 bits per heavy atom. The molecular weight excluding hydrogens is 784 g/mol. The van der Waals surface area contributed by atoms with E-state index in [9.17, 15) is 35.9 Å². The number of aromatic carboxylic acids is 1. The standard InChI is InChI=1S/C15H10Cl2F3N3O3.C14H8Cl2F3N3O3/c1-25-13(24)8-6-21-23(7-8)12-5-14(26-22-12,15(18,19)20)9-2-10(16)4-11(17)3-9;15-9-1-8(2-10(16)3-9)13(14(17,18)19)4-11(21-25-13)22-6-7(5-20-22)12(23)24/h2-4,6-7H,5H2,1H3;1-3,5-6H,4H2,(H,23,24). The van der Waals surface area contributed by atoms with E-state index in [1.165, 1.54) is 25.4 Å². The van der Waals surface area contributed by atoms with Gasteiger partial charge in [-0.05, 0) is 36.4 Å². The molecule has 0 aliphatic carbocycles. The fraction of sp³-hybridized carbons (Fsp3) is 0.241. The fourth-order valence-electron chi connectivity index (χ4n) is 4.86. The molecule has 0 fully saturated rings. The van der Waals surface area contributed by atoms with Crippen LogP contribution in [-0.4, -0.2) is 67.7 Å². The van der Waals surface area contributed by atoms with Gasteiger partial charge in [0.2, 0.25) is 0 Å². The average molecular weight is 802 g/mol. The molecule has 2 unspecified atom stereocenters. The summed E-state index contributed by atoms with van der Waals surface area (Å²) in [6.45, 7) is 0. The number of methoxy groups -OCH3 is 1. The maximum Gasteiger partial charge on any atom is 0.435 e. The molecular formula is C29H18Cl4F6N6O6. The second-order valence-electron chi connectivity index (χ2n) is 10.7. The third kappa shape index (κ3) is 7.44. The molecule has 0 spiro atoms. The summed E-state index contributed by atoms with van der Waals surface area (Å²) in [4.78, 5) is 32.0. The van der Waals surface area contributed by atoms with Crippen LogP contribution in [-0.2, 0) is 25.6 Å². The number of carboxylic acids is 1. The number of carboxylic acid groups (broad SMARTS) is 1. The Labute approximate surface area is 301 Å². The van der Waals surface area contributed by atoms with Crippen LogP contribution in [0.25, 0.3) is 0 Å². The SMILES string of the molecule is COC(=O)c1cnn(C2=NOC(c3cc(Cl)cc(Cl)c3)(C(F)(F)F)C2)c1.O=C(O)c1cnn(C2=NOC(c3cc(Cl)cc(Cl)c3)(C(F)(F)F)C2)c1. The zero-order valence-electron chi connectivity index (χ0n) is 25.1. The first-order valence-corrected chi connectivity index (χ1v) is 15.3. The lowest BCUT2D eigenvalue weighted by Crippen LogP contribution is -2.43. The molecule has 0 amide bonds. The van der Waals surface area contributed by atoms with E-state index in [0.29, 0.717) is 0 Å². The number of hydrogen-bond donors (Lipinski definition) is 1. The minimum atomic E-state index is -4.84. The zero-order chi connectivity index (χ0) is 37.5. The topological polar surface area (TPSA) is 142 Å². The predicted molar refractivity (Wildman–Crippen MR) is 168 cm³/mol. The monoisotopic (exact) mass is 800 g/mol. The molecule has 1 N–H and O–H groups in total. The van der Waals surface area contributed by atoms with Gasteiger partial charge in [0.15, 0.2) is 11.7 Å². The van der Waals surface area contributed by atoms with Gasteiger partial charge in [0, 0.05) is 43.6 Å². The average Bonchev–Trinajstić information content (AvgIpc) is 3.85. The zero-order valence-corrected chi connectivity index (χ0v) is 28.2. The molecule has 2 atom stereocenters. The summed E-state index contributed by atoms with van der Waals surface area (Å²) in [5.41, 5.74) is -6.31. The minimum absolute atomic E-state index is 0.00966. The Hall–Kier alpha value is -4.52. The molecule has 22 heteroatoms. The van der Waals surface area contributed by atoms with Gasteiger partial charge < -0.3 is 19.5 Å². The van der Waals surface area contributed by atoms with Gasteiger partial charge in [0.05, 0.1) is 43.5 Å². The molecule has 6 rings (SSSR count). The van der Waals surface area contributed by atoms with Crippen molar-refractivity contribution in [2.75, 3.05) is 7.11 Å². The van der Waals surface area contributed by atoms with E-state index in [1.54, 1.807) is 0 Å². The number of hydrogen-bond acceptors (Lipinski definition) is 9. The van der Waals surface area contributed by atoms with Gasteiger partial charge in [0.25, 0.3) is 11.2 Å². The van der Waals surface area contributed by atoms with Crippen LogP contribution in [0.2, 0.25) is 20.1 Å². The van der Waals surface area contributed by atoms with Crippen LogP contribution in [0.4, 0.5) is 26.3 Å². The molecule has 12 nitrogen and oxygen atoms in total. The Bertz CT molecular complexity index is 2030. The second-order valence-corrected chi connectivity index (χ2v) is 12.4. The quantitative estimate of drug-likeness (QED) is 0.162. The van der Waals surface area contributed by atoms with Crippen molar-refractivity contribution in [1.82, 2.24) is 19.6 Å². The largest absolute Gasteiger partial charge is 0.478 e. The fourth-order valence-corrected chi connectivity index (χ4v) is 5.91. The van der Waals surface area contributed by atoms with Crippen LogP contribution in [0, 0.1) is 0 Å². The summed E-state index contributed by atoms with van der Waals surface area (Å²) in [5.74, 6) is -2.30. The third-order valence-electron chi connectivity index (χ3n) is 7.36. The molecule has 0 saturated heterocycles. The number of esters is 1. The lowest BCUT2D eigenvalue weighted by atomic mass is 9.89. The van der Waals surface area contributed by atoms with Crippen LogP contribution in [0.5, 0.6) is 0 Å². The number of rotatable bonds is 4. The van der Waals surface area contributed by atoms with E-state index < -0.39 is 48.3 Å². The van der Waals surface area contributed by atoms with Crippen molar-refractivity contribution < 1.29 is 55.5 Å². The summed E-state index contributed by atoms with van der Waals surface area (Å²) in [6, 6.07) is 7.00. The summed E-state index contributed by atoms with van der Waals surface area (Å²) < 4.78 is 89.4. The maximum atomic E-state index is 13.9. The van der Waals surface area contributed by atoms with Gasteiger partial charge in [-0.1, -0.05) is 56.7 Å². The number of carbonyl (C=O) groups excluding carboxylic acids is 1. The highest BCUT2D eigenvalue weighted by Crippen LogP contribution is 2.50. The molecule has 0 radical (unpaired) electrons. The van der Waals surface area contributed by atoms with Crippen molar-refractivity contribution >= 4 is 70.0 Å². The minimum Gasteiger partial charge on any atom is -0.478 e. The molecule has 2 aromatic carbocycles. The predicted octanol–water partition coefficient (Wildman–Crippen LogP) is 7.94. The van der Waals surface area contributed by atoms with E-state index >= 15 is 0 Å². The van der Waals surface area contributed by atoms with Crippen molar-refractivity contribution in [3.8, 4) is 0 Å². The summed E-state index contributed by atoms with van der Waals surface area (Å²) in [6.07, 6.45) is -6.68. The highest BCUT2D eigenvalue weighted by Gasteiger charge is 2.64. The Morgan fingerprint density at radius 1 is 0.725 bits per heavy atom. The first-order chi connectivity index (χ1) is 23.8. The first kappa shape index (κ1) is 37.7. The van der Waals surface area contributed by atoms with E-state index in [4.69, 9.17) is 61.2 Å². The Kier molecular flexibility index (Phi) is 10.3. The molecule has 0 bridgehead atoms. The molecule has 2 aromatic heterocycles. The number of halogens is 10. The molecule has 0 saturated carbocycles. The van der Waals surface area contributed by atoms with Crippen LogP contribution in [0.15, 0.2) is 71.5 Å². The molecule has 270 valence electrons. The number of nitrogens with zero attached hydrogens (tertiary/aromatic N) is 6. The van der Waals surface area contributed by atoms with Gasteiger partial charge in [-0.25, -0.2) is 19.0 Å². The second kappa shape index (κ2) is 13.9. The third-order valence-corrected chi connectivity index (χ3v) is 8.24. The number of oxime groups is 2. The van der Waals surface area contributed by atoms with E-state index in [0.717, 1.165) is 52.2 Å². The van der Waals surface area contributed by atoms with Gasteiger partial charge in [-0.2, -0.15) is 36.5 Å². The summed E-state index contributed by atoms with van der Waals surface area (Å²) in [5, 5.41) is 23.5. The Morgan fingerprint density at radius 3 is 1.43 bits per heavy atom. The molecule has 2 aliphatic heterocycles. The smallest absolute Gasteiger partial charge is 0.435 e. The van der Waals surface area contributed by atoms with E-state index in [2.05, 4.69) is 25.2 Å². The van der Waals surface area contributed by atoms with Gasteiger partial charge in [0.1, 0.15) is 0 Å². The highest BCUT2D eigenvalue weighted by atomic mass is 35.5. The highest BCUT2D eigenvalue weighted by molar-refractivity contribution is 6.35.